The third-order valence-corrected chi connectivity index (χ3v) is 4.56. The van der Waals surface area contributed by atoms with Crippen LogP contribution in [0, 0.1) is 0 Å². The Morgan fingerprint density at radius 3 is 2.48 bits per heavy atom. The lowest BCUT2D eigenvalue weighted by molar-refractivity contribution is 0.596. The maximum absolute atomic E-state index is 11.5. The molecule has 3 rings (SSSR count). The summed E-state index contributed by atoms with van der Waals surface area (Å²) in [4.78, 5) is 4.59. The van der Waals surface area contributed by atoms with Crippen LogP contribution >= 0.6 is 0 Å². The van der Waals surface area contributed by atoms with Crippen LogP contribution in [0.4, 0.5) is 5.95 Å². The van der Waals surface area contributed by atoms with Gasteiger partial charge in [-0.1, -0.05) is 42.5 Å². The molecule has 6 heteroatoms. The number of aromatic nitrogens is 2. The summed E-state index contributed by atoms with van der Waals surface area (Å²) in [6, 6.07) is 17.8. The van der Waals surface area contributed by atoms with Gasteiger partial charge in [-0.3, -0.25) is 0 Å². The van der Waals surface area contributed by atoms with Gasteiger partial charge in [0, 0.05) is 19.3 Å². The first-order valence-electron chi connectivity index (χ1n) is 7.44. The van der Waals surface area contributed by atoms with E-state index in [0.717, 1.165) is 16.6 Å². The van der Waals surface area contributed by atoms with Gasteiger partial charge in [-0.25, -0.2) is 13.4 Å². The fraction of sp³-hybridized carbons (Fsp3) is 0.235. The molecule has 0 unspecified atom stereocenters. The van der Waals surface area contributed by atoms with E-state index in [1.165, 1.54) is 6.26 Å². The number of benzene rings is 2. The maximum Gasteiger partial charge on any atom is 0.204 e. The molecule has 23 heavy (non-hydrogen) atoms. The summed E-state index contributed by atoms with van der Waals surface area (Å²) in [5.41, 5.74) is 2.94. The number of hydrogen-bond donors (Lipinski definition) is 1. The van der Waals surface area contributed by atoms with Crippen LogP contribution < -0.4 is 5.32 Å². The third-order valence-electron chi connectivity index (χ3n) is 3.63. The molecular formula is C17H19N3O2S. The van der Waals surface area contributed by atoms with E-state index in [9.17, 15) is 8.42 Å². The standard InChI is InChI=1S/C17H19N3O2S/c1-23(21,22)12-11-20-16-10-6-5-9-15(16)19-17(20)18-13-14-7-3-2-4-8-14/h2-10H,11-13H2,1H3,(H,18,19). The molecule has 0 saturated carbocycles. The number of para-hydroxylation sites is 2. The number of nitrogens with one attached hydrogen (secondary N) is 1. The summed E-state index contributed by atoms with van der Waals surface area (Å²) in [7, 11) is -3.03. The van der Waals surface area contributed by atoms with Crippen molar-refractivity contribution in [3.63, 3.8) is 0 Å². The van der Waals surface area contributed by atoms with Gasteiger partial charge in [0.1, 0.15) is 9.84 Å². The average Bonchev–Trinajstić information content (AvgIpc) is 2.89. The van der Waals surface area contributed by atoms with E-state index in [0.29, 0.717) is 19.0 Å². The summed E-state index contributed by atoms with van der Waals surface area (Å²) >= 11 is 0. The zero-order valence-corrected chi connectivity index (χ0v) is 13.8. The smallest absolute Gasteiger partial charge is 0.204 e. The van der Waals surface area contributed by atoms with Crippen molar-refractivity contribution in [3.05, 3.63) is 60.2 Å². The normalized spacial score (nSPS) is 11.7. The minimum atomic E-state index is -3.03. The fourth-order valence-electron chi connectivity index (χ4n) is 2.47. The Bertz CT molecular complexity index is 902. The second-order valence-electron chi connectivity index (χ2n) is 5.54. The fourth-order valence-corrected chi connectivity index (χ4v) is 2.99. The van der Waals surface area contributed by atoms with Gasteiger partial charge in [-0.2, -0.15) is 0 Å². The molecule has 2 aromatic carbocycles. The first kappa shape index (κ1) is 15.6. The van der Waals surface area contributed by atoms with Crippen LogP contribution in [0.3, 0.4) is 0 Å². The second-order valence-corrected chi connectivity index (χ2v) is 7.80. The Hall–Kier alpha value is -2.34. The lowest BCUT2D eigenvalue weighted by Crippen LogP contribution is -2.14. The molecule has 0 aliphatic carbocycles. The average molecular weight is 329 g/mol. The molecule has 0 aliphatic rings. The van der Waals surface area contributed by atoms with Crippen LogP contribution in [-0.2, 0) is 22.9 Å². The van der Waals surface area contributed by atoms with Crippen molar-refractivity contribution < 1.29 is 8.42 Å². The lowest BCUT2D eigenvalue weighted by Gasteiger charge is -2.10. The molecule has 1 aromatic heterocycles. The summed E-state index contributed by atoms with van der Waals surface area (Å²) in [5, 5.41) is 3.31. The first-order chi connectivity index (χ1) is 11.0. The van der Waals surface area contributed by atoms with E-state index in [-0.39, 0.29) is 5.75 Å². The number of anilines is 1. The topological polar surface area (TPSA) is 64.0 Å². The Balaban J connectivity index is 1.88. The van der Waals surface area contributed by atoms with E-state index < -0.39 is 9.84 Å². The monoisotopic (exact) mass is 329 g/mol. The molecule has 120 valence electrons. The predicted octanol–water partition coefficient (Wildman–Crippen LogP) is 2.69. The molecule has 0 radical (unpaired) electrons. The van der Waals surface area contributed by atoms with Crippen LogP contribution in [-0.4, -0.2) is 30.0 Å². The van der Waals surface area contributed by atoms with E-state index in [1.807, 2.05) is 59.2 Å². The van der Waals surface area contributed by atoms with Crippen LogP contribution in [0.1, 0.15) is 5.56 Å². The summed E-state index contributed by atoms with van der Waals surface area (Å²) in [6.07, 6.45) is 1.25. The van der Waals surface area contributed by atoms with Crippen LogP contribution in [0.2, 0.25) is 0 Å². The molecule has 0 fully saturated rings. The highest BCUT2D eigenvalue weighted by atomic mass is 32.2. The van der Waals surface area contributed by atoms with Crippen molar-refractivity contribution >= 4 is 26.8 Å². The van der Waals surface area contributed by atoms with E-state index in [4.69, 9.17) is 0 Å². The Labute approximate surface area is 135 Å². The van der Waals surface area contributed by atoms with Gasteiger partial charge in [0.15, 0.2) is 0 Å². The van der Waals surface area contributed by atoms with Crippen LogP contribution in [0.5, 0.6) is 0 Å². The van der Waals surface area contributed by atoms with E-state index in [1.54, 1.807) is 0 Å². The van der Waals surface area contributed by atoms with Gasteiger partial charge < -0.3 is 9.88 Å². The molecule has 1 N–H and O–H groups in total. The van der Waals surface area contributed by atoms with E-state index in [2.05, 4.69) is 10.3 Å². The maximum atomic E-state index is 11.5. The summed E-state index contributed by atoms with van der Waals surface area (Å²) in [6.45, 7) is 1.03. The van der Waals surface area contributed by atoms with Gasteiger partial charge in [0.05, 0.1) is 16.8 Å². The highest BCUT2D eigenvalue weighted by Gasteiger charge is 2.12. The Morgan fingerprint density at radius 2 is 1.74 bits per heavy atom. The molecule has 0 amide bonds. The number of imidazole rings is 1. The van der Waals surface area contributed by atoms with Gasteiger partial charge in [0.25, 0.3) is 0 Å². The largest absolute Gasteiger partial charge is 0.352 e. The number of aryl methyl sites for hydroxylation is 1. The molecule has 0 saturated heterocycles. The van der Waals surface area contributed by atoms with E-state index >= 15 is 0 Å². The molecule has 1 heterocycles. The van der Waals surface area contributed by atoms with Crippen molar-refractivity contribution in [2.24, 2.45) is 0 Å². The number of nitrogens with zero attached hydrogens (tertiary/aromatic N) is 2. The second kappa shape index (κ2) is 6.42. The van der Waals surface area contributed by atoms with Crippen molar-refractivity contribution in [2.45, 2.75) is 13.1 Å². The van der Waals surface area contributed by atoms with Gasteiger partial charge in [-0.05, 0) is 17.7 Å². The third kappa shape index (κ3) is 3.90. The lowest BCUT2D eigenvalue weighted by atomic mass is 10.2. The minimum absolute atomic E-state index is 0.0906. The van der Waals surface area contributed by atoms with Crippen LogP contribution in [0.25, 0.3) is 11.0 Å². The zero-order chi connectivity index (χ0) is 16.3. The summed E-state index contributed by atoms with van der Waals surface area (Å²) in [5.74, 6) is 0.784. The van der Waals surface area contributed by atoms with Gasteiger partial charge in [-0.15, -0.1) is 0 Å². The Kier molecular flexibility index (Phi) is 4.34. The summed E-state index contributed by atoms with van der Waals surface area (Å²) < 4.78 is 24.9. The van der Waals surface area contributed by atoms with Gasteiger partial charge in [0.2, 0.25) is 5.95 Å². The van der Waals surface area contributed by atoms with Crippen molar-refractivity contribution in [2.75, 3.05) is 17.3 Å². The molecule has 5 nitrogen and oxygen atoms in total. The Morgan fingerprint density at radius 1 is 1.04 bits per heavy atom. The number of rotatable bonds is 6. The molecule has 0 aliphatic heterocycles. The SMILES string of the molecule is CS(=O)(=O)CCn1c(NCc2ccccc2)nc2ccccc21. The zero-order valence-electron chi connectivity index (χ0n) is 12.9. The predicted molar refractivity (Wildman–Crippen MR) is 93.2 cm³/mol. The molecule has 3 aromatic rings. The van der Waals surface area contributed by atoms with Crippen molar-refractivity contribution in [3.8, 4) is 0 Å². The number of fused-ring (bicyclic) bond motifs is 1. The van der Waals surface area contributed by atoms with Crippen molar-refractivity contribution in [1.82, 2.24) is 9.55 Å². The number of hydrogen-bond acceptors (Lipinski definition) is 4. The van der Waals surface area contributed by atoms with Crippen molar-refractivity contribution in [1.29, 1.82) is 0 Å². The highest BCUT2D eigenvalue weighted by Crippen LogP contribution is 2.20. The van der Waals surface area contributed by atoms with Gasteiger partial charge >= 0.3 is 0 Å². The molecule has 0 spiro atoms. The van der Waals surface area contributed by atoms with Crippen LogP contribution in [0.15, 0.2) is 54.6 Å². The quantitative estimate of drug-likeness (QED) is 0.755. The minimum Gasteiger partial charge on any atom is -0.352 e. The molecular weight excluding hydrogens is 310 g/mol. The molecule has 0 atom stereocenters. The number of sulfone groups is 1. The molecule has 0 bridgehead atoms. The first-order valence-corrected chi connectivity index (χ1v) is 9.50. The highest BCUT2D eigenvalue weighted by molar-refractivity contribution is 7.90.